The summed E-state index contributed by atoms with van der Waals surface area (Å²) in [7, 11) is -3.06. The van der Waals surface area contributed by atoms with Crippen molar-refractivity contribution in [2.75, 3.05) is 0 Å². The van der Waals surface area contributed by atoms with E-state index in [2.05, 4.69) is 13.8 Å². The van der Waals surface area contributed by atoms with Gasteiger partial charge in [0.2, 0.25) is 10.0 Å². The lowest BCUT2D eigenvalue weighted by molar-refractivity contribution is 0.586. The minimum atomic E-state index is -3.06. The van der Waals surface area contributed by atoms with Crippen molar-refractivity contribution in [2.45, 2.75) is 37.9 Å². The van der Waals surface area contributed by atoms with Crippen LogP contribution in [-0.2, 0) is 10.0 Å². The molecule has 78 valence electrons. The summed E-state index contributed by atoms with van der Waals surface area (Å²) in [6.45, 7) is 4.12. The Morgan fingerprint density at radius 1 is 1.43 bits per heavy atom. The summed E-state index contributed by atoms with van der Waals surface area (Å²) >= 11 is 0. The minimum absolute atomic E-state index is 0.130. The van der Waals surface area contributed by atoms with Crippen molar-refractivity contribution in [3.05, 3.63) is 24.0 Å². The fourth-order valence-corrected chi connectivity index (χ4v) is 3.01. The van der Waals surface area contributed by atoms with Gasteiger partial charge in [-0.3, -0.25) is 3.97 Å². The van der Waals surface area contributed by atoms with E-state index >= 15 is 0 Å². The van der Waals surface area contributed by atoms with Crippen molar-refractivity contribution in [1.82, 2.24) is 3.97 Å². The second-order valence-electron chi connectivity index (χ2n) is 4.17. The number of hydrogen-bond donors (Lipinski definition) is 0. The fourth-order valence-electron chi connectivity index (χ4n) is 1.43. The first-order valence-electron chi connectivity index (χ1n) is 4.94. The number of nitrogens with zero attached hydrogens (tertiary/aromatic N) is 1. The average molecular weight is 213 g/mol. The first-order chi connectivity index (χ1) is 6.51. The summed E-state index contributed by atoms with van der Waals surface area (Å²) in [5.74, 6) is 0.380. The van der Waals surface area contributed by atoms with Crippen LogP contribution in [0, 0.1) is 0 Å². The quantitative estimate of drug-likeness (QED) is 0.769. The molecule has 1 aliphatic rings. The van der Waals surface area contributed by atoms with E-state index in [9.17, 15) is 8.42 Å². The smallest absolute Gasteiger partial charge is 0.241 e. The molecule has 0 unspecified atom stereocenters. The summed E-state index contributed by atoms with van der Waals surface area (Å²) in [5.41, 5.74) is 1.08. The molecular formula is C10H15NO2S. The highest BCUT2D eigenvalue weighted by Gasteiger charge is 2.36. The lowest BCUT2D eigenvalue weighted by Crippen LogP contribution is -2.15. The zero-order valence-corrected chi connectivity index (χ0v) is 9.29. The Morgan fingerprint density at radius 3 is 2.50 bits per heavy atom. The summed E-state index contributed by atoms with van der Waals surface area (Å²) in [6, 6.07) is 1.88. The molecule has 0 saturated heterocycles. The molecule has 0 N–H and O–H groups in total. The molecule has 1 saturated carbocycles. The molecule has 0 aromatic carbocycles. The lowest BCUT2D eigenvalue weighted by Gasteiger charge is -2.03. The maximum absolute atomic E-state index is 11.8. The molecule has 0 aliphatic heterocycles. The van der Waals surface area contributed by atoms with Gasteiger partial charge in [0.1, 0.15) is 0 Å². The molecule has 1 aromatic rings. The average Bonchev–Trinajstić information content (AvgIpc) is 2.82. The van der Waals surface area contributed by atoms with Crippen molar-refractivity contribution in [3.8, 4) is 0 Å². The largest absolute Gasteiger partial charge is 0.252 e. The molecule has 0 spiro atoms. The van der Waals surface area contributed by atoms with Gasteiger partial charge in [0.15, 0.2) is 0 Å². The van der Waals surface area contributed by atoms with Crippen LogP contribution in [0.5, 0.6) is 0 Å². The molecule has 3 nitrogen and oxygen atoms in total. The maximum Gasteiger partial charge on any atom is 0.241 e. The van der Waals surface area contributed by atoms with Crippen LogP contribution < -0.4 is 0 Å². The van der Waals surface area contributed by atoms with Crippen molar-refractivity contribution in [1.29, 1.82) is 0 Å². The number of aromatic nitrogens is 1. The lowest BCUT2D eigenvalue weighted by atomic mass is 10.1. The van der Waals surface area contributed by atoms with Crippen LogP contribution in [0.4, 0.5) is 0 Å². The first-order valence-corrected chi connectivity index (χ1v) is 6.44. The van der Waals surface area contributed by atoms with E-state index in [0.717, 1.165) is 18.4 Å². The molecule has 0 bridgehead atoms. The topological polar surface area (TPSA) is 39.1 Å². The molecule has 2 rings (SSSR count). The van der Waals surface area contributed by atoms with Crippen LogP contribution in [0.1, 0.15) is 38.2 Å². The van der Waals surface area contributed by atoms with Gasteiger partial charge >= 0.3 is 0 Å². The molecule has 4 heteroatoms. The SMILES string of the molecule is CC(C)c1ccn(S(=O)(=O)C2CC2)c1. The van der Waals surface area contributed by atoms with Crippen LogP contribution in [0.3, 0.4) is 0 Å². The summed E-state index contributed by atoms with van der Waals surface area (Å²) in [5, 5.41) is -0.130. The standard InChI is InChI=1S/C10H15NO2S/c1-8(2)9-5-6-11(7-9)14(12,13)10-3-4-10/h5-8,10H,3-4H2,1-2H3. The Kier molecular flexibility index (Phi) is 2.18. The number of hydrogen-bond acceptors (Lipinski definition) is 2. The van der Waals surface area contributed by atoms with Gasteiger partial charge in [-0.25, -0.2) is 8.42 Å². The second kappa shape index (κ2) is 3.12. The van der Waals surface area contributed by atoms with E-state index in [1.54, 1.807) is 12.4 Å². The van der Waals surface area contributed by atoms with E-state index in [-0.39, 0.29) is 5.25 Å². The van der Waals surface area contributed by atoms with Crippen molar-refractivity contribution in [2.24, 2.45) is 0 Å². The zero-order chi connectivity index (χ0) is 10.3. The third kappa shape index (κ3) is 1.59. The van der Waals surface area contributed by atoms with Gasteiger partial charge in [0.25, 0.3) is 0 Å². The Hall–Kier alpha value is -0.770. The van der Waals surface area contributed by atoms with Gasteiger partial charge in [-0.15, -0.1) is 0 Å². The molecule has 1 fully saturated rings. The Morgan fingerprint density at radius 2 is 2.07 bits per heavy atom. The van der Waals surface area contributed by atoms with E-state index in [1.165, 1.54) is 3.97 Å². The summed E-state index contributed by atoms with van der Waals surface area (Å²) < 4.78 is 25.0. The third-order valence-electron chi connectivity index (χ3n) is 2.60. The maximum atomic E-state index is 11.8. The van der Waals surface area contributed by atoms with Crippen LogP contribution in [0.15, 0.2) is 18.5 Å². The molecule has 1 aliphatic carbocycles. The molecule has 14 heavy (non-hydrogen) atoms. The second-order valence-corrected chi connectivity index (χ2v) is 6.29. The Bertz CT molecular complexity index is 427. The highest BCUT2D eigenvalue weighted by molar-refractivity contribution is 7.90. The van der Waals surface area contributed by atoms with Gasteiger partial charge in [0.05, 0.1) is 5.25 Å². The van der Waals surface area contributed by atoms with Crippen molar-refractivity contribution >= 4 is 10.0 Å². The zero-order valence-electron chi connectivity index (χ0n) is 8.47. The Balaban J connectivity index is 2.33. The number of rotatable bonds is 3. The molecular weight excluding hydrogens is 198 g/mol. The predicted octanol–water partition coefficient (Wildman–Crippen LogP) is 1.95. The highest BCUT2D eigenvalue weighted by Crippen LogP contribution is 2.30. The van der Waals surface area contributed by atoms with Crippen LogP contribution in [0.2, 0.25) is 0 Å². The summed E-state index contributed by atoms with van der Waals surface area (Å²) in [4.78, 5) is 0. The van der Waals surface area contributed by atoms with Crippen molar-refractivity contribution < 1.29 is 8.42 Å². The van der Waals surface area contributed by atoms with E-state index < -0.39 is 10.0 Å². The van der Waals surface area contributed by atoms with Crippen LogP contribution in [0.25, 0.3) is 0 Å². The highest BCUT2D eigenvalue weighted by atomic mass is 32.2. The van der Waals surface area contributed by atoms with Gasteiger partial charge in [-0.2, -0.15) is 0 Å². The van der Waals surface area contributed by atoms with E-state index in [1.807, 2.05) is 6.07 Å². The first kappa shape index (κ1) is 9.77. The van der Waals surface area contributed by atoms with Crippen molar-refractivity contribution in [3.63, 3.8) is 0 Å². The van der Waals surface area contributed by atoms with Gasteiger partial charge in [-0.1, -0.05) is 13.8 Å². The molecule has 1 heterocycles. The van der Waals surface area contributed by atoms with Crippen LogP contribution in [-0.4, -0.2) is 17.6 Å². The fraction of sp³-hybridized carbons (Fsp3) is 0.600. The molecule has 0 amide bonds. The van der Waals surface area contributed by atoms with Gasteiger partial charge in [-0.05, 0) is 30.4 Å². The van der Waals surface area contributed by atoms with Crippen LogP contribution >= 0.6 is 0 Å². The third-order valence-corrected chi connectivity index (χ3v) is 4.73. The molecule has 1 aromatic heterocycles. The minimum Gasteiger partial charge on any atom is -0.252 e. The molecule has 0 atom stereocenters. The van der Waals surface area contributed by atoms with E-state index in [0.29, 0.717) is 5.92 Å². The monoisotopic (exact) mass is 213 g/mol. The Labute approximate surface area is 84.8 Å². The van der Waals surface area contributed by atoms with E-state index in [4.69, 9.17) is 0 Å². The summed E-state index contributed by atoms with van der Waals surface area (Å²) in [6.07, 6.45) is 5.02. The van der Waals surface area contributed by atoms with Gasteiger partial charge in [0, 0.05) is 12.4 Å². The normalized spacial score (nSPS) is 17.6. The van der Waals surface area contributed by atoms with Gasteiger partial charge < -0.3 is 0 Å². The predicted molar refractivity (Wildman–Crippen MR) is 55.9 cm³/mol. The molecule has 0 radical (unpaired) electrons.